The zero-order chi connectivity index (χ0) is 13.5. The van der Waals surface area contributed by atoms with Crippen molar-refractivity contribution in [3.63, 3.8) is 0 Å². The smallest absolute Gasteiger partial charge is 0.492 e. The standard InChI is InChI=1S/C12H19BN2O3/c1-3-4-5-18-12-10(8-15-14)6-9(2)7-11(12)13(16)17/h6-8,16-17H,3-5,14H2,1-2H3. The molecule has 0 radical (unpaired) electrons. The van der Waals surface area contributed by atoms with Crippen LogP contribution in [0.2, 0.25) is 0 Å². The van der Waals surface area contributed by atoms with Gasteiger partial charge in [-0.3, -0.25) is 0 Å². The molecule has 0 saturated carbocycles. The van der Waals surface area contributed by atoms with Crippen LogP contribution in [0.3, 0.4) is 0 Å². The quantitative estimate of drug-likeness (QED) is 0.220. The molecule has 0 spiro atoms. The van der Waals surface area contributed by atoms with Gasteiger partial charge in [-0.1, -0.05) is 25.0 Å². The van der Waals surface area contributed by atoms with Gasteiger partial charge in [0.05, 0.1) is 12.8 Å². The lowest BCUT2D eigenvalue weighted by molar-refractivity contribution is 0.309. The van der Waals surface area contributed by atoms with Crippen LogP contribution in [0.1, 0.15) is 30.9 Å². The molecular weight excluding hydrogens is 231 g/mol. The third-order valence-corrected chi connectivity index (χ3v) is 2.53. The van der Waals surface area contributed by atoms with Gasteiger partial charge in [-0.25, -0.2) is 0 Å². The van der Waals surface area contributed by atoms with Crippen LogP contribution >= 0.6 is 0 Å². The molecule has 98 valence electrons. The maximum atomic E-state index is 9.38. The first-order valence-electron chi connectivity index (χ1n) is 5.96. The van der Waals surface area contributed by atoms with E-state index < -0.39 is 7.12 Å². The molecule has 1 rings (SSSR count). The van der Waals surface area contributed by atoms with Crippen molar-refractivity contribution in [2.45, 2.75) is 26.7 Å². The Morgan fingerprint density at radius 3 is 2.72 bits per heavy atom. The number of aryl methyl sites for hydroxylation is 1. The van der Waals surface area contributed by atoms with Crippen molar-refractivity contribution in [2.75, 3.05) is 6.61 Å². The summed E-state index contributed by atoms with van der Waals surface area (Å²) in [5.74, 6) is 5.58. The fraction of sp³-hybridized carbons (Fsp3) is 0.417. The maximum Gasteiger partial charge on any atom is 0.492 e. The summed E-state index contributed by atoms with van der Waals surface area (Å²) >= 11 is 0. The SMILES string of the molecule is CCCCOc1c(C=NN)cc(C)cc1B(O)O. The predicted molar refractivity (Wildman–Crippen MR) is 73.2 cm³/mol. The molecular formula is C12H19BN2O3. The van der Waals surface area contributed by atoms with Crippen LogP contribution in [-0.4, -0.2) is 30.0 Å². The van der Waals surface area contributed by atoms with E-state index in [4.69, 9.17) is 10.6 Å². The van der Waals surface area contributed by atoms with Crippen LogP contribution in [-0.2, 0) is 0 Å². The Kier molecular flexibility index (Phi) is 5.68. The van der Waals surface area contributed by atoms with E-state index in [1.807, 2.05) is 13.0 Å². The minimum absolute atomic E-state index is 0.334. The molecule has 0 amide bonds. The van der Waals surface area contributed by atoms with Crippen LogP contribution in [0.4, 0.5) is 0 Å². The molecule has 0 fully saturated rings. The van der Waals surface area contributed by atoms with Crippen LogP contribution in [0.15, 0.2) is 17.2 Å². The van der Waals surface area contributed by atoms with Crippen molar-refractivity contribution in [1.82, 2.24) is 0 Å². The number of nitrogens with two attached hydrogens (primary N) is 1. The third kappa shape index (κ3) is 3.75. The van der Waals surface area contributed by atoms with Crippen molar-refractivity contribution in [3.05, 3.63) is 23.3 Å². The molecule has 0 saturated heterocycles. The summed E-state index contributed by atoms with van der Waals surface area (Å²) in [6.45, 7) is 4.43. The van der Waals surface area contributed by atoms with Crippen LogP contribution in [0.25, 0.3) is 0 Å². The molecule has 0 aliphatic heterocycles. The first-order chi connectivity index (χ1) is 8.60. The number of unbranched alkanes of at least 4 members (excludes halogenated alkanes) is 1. The molecule has 0 aromatic heterocycles. The van der Waals surface area contributed by atoms with Crippen molar-refractivity contribution in [1.29, 1.82) is 0 Å². The zero-order valence-corrected chi connectivity index (χ0v) is 10.8. The monoisotopic (exact) mass is 250 g/mol. The van der Waals surface area contributed by atoms with E-state index in [-0.39, 0.29) is 0 Å². The second kappa shape index (κ2) is 7.03. The topological polar surface area (TPSA) is 88.1 Å². The summed E-state index contributed by atoms with van der Waals surface area (Å²) in [6.07, 6.45) is 3.34. The molecule has 6 heteroatoms. The van der Waals surface area contributed by atoms with E-state index in [2.05, 4.69) is 12.0 Å². The van der Waals surface area contributed by atoms with Gasteiger partial charge < -0.3 is 20.6 Å². The Morgan fingerprint density at radius 1 is 1.44 bits per heavy atom. The second-order valence-electron chi connectivity index (χ2n) is 4.13. The van der Waals surface area contributed by atoms with Crippen LogP contribution in [0, 0.1) is 6.92 Å². The molecule has 0 unspecified atom stereocenters. The molecule has 18 heavy (non-hydrogen) atoms. The number of hydrazone groups is 1. The van der Waals surface area contributed by atoms with E-state index in [0.29, 0.717) is 23.4 Å². The van der Waals surface area contributed by atoms with Gasteiger partial charge >= 0.3 is 7.12 Å². The van der Waals surface area contributed by atoms with Gasteiger partial charge in [0, 0.05) is 11.0 Å². The molecule has 1 aromatic carbocycles. The summed E-state index contributed by atoms with van der Waals surface area (Å²) in [6, 6.07) is 3.52. The number of rotatable bonds is 6. The number of hydrogen-bond acceptors (Lipinski definition) is 5. The number of nitrogens with zero attached hydrogens (tertiary/aromatic N) is 1. The third-order valence-electron chi connectivity index (χ3n) is 2.53. The van der Waals surface area contributed by atoms with Crippen molar-refractivity contribution in [2.24, 2.45) is 10.9 Å². The summed E-state index contributed by atoms with van der Waals surface area (Å²) in [5, 5.41) is 22.2. The van der Waals surface area contributed by atoms with Gasteiger partial charge in [-0.15, -0.1) is 0 Å². The average Bonchev–Trinajstić information content (AvgIpc) is 2.31. The Morgan fingerprint density at radius 2 is 2.17 bits per heavy atom. The molecule has 0 aliphatic carbocycles. The van der Waals surface area contributed by atoms with Crippen molar-refractivity contribution < 1.29 is 14.8 Å². The lowest BCUT2D eigenvalue weighted by atomic mass is 9.77. The van der Waals surface area contributed by atoms with E-state index in [1.54, 1.807) is 6.07 Å². The molecule has 0 atom stereocenters. The van der Waals surface area contributed by atoms with Crippen LogP contribution < -0.4 is 16.0 Å². The number of hydrogen-bond donors (Lipinski definition) is 3. The lowest BCUT2D eigenvalue weighted by Gasteiger charge is -2.14. The molecule has 5 nitrogen and oxygen atoms in total. The highest BCUT2D eigenvalue weighted by atomic mass is 16.5. The van der Waals surface area contributed by atoms with E-state index in [9.17, 15) is 10.0 Å². The van der Waals surface area contributed by atoms with Gasteiger partial charge in [0.15, 0.2) is 0 Å². The average molecular weight is 250 g/mol. The predicted octanol–water partition coefficient (Wildman–Crippen LogP) is 0.146. The highest BCUT2D eigenvalue weighted by Gasteiger charge is 2.20. The first kappa shape index (κ1) is 14.5. The van der Waals surface area contributed by atoms with Crippen molar-refractivity contribution in [3.8, 4) is 5.75 Å². The molecule has 1 aromatic rings. The summed E-state index contributed by atoms with van der Waals surface area (Å²) in [5.41, 5.74) is 1.87. The highest BCUT2D eigenvalue weighted by molar-refractivity contribution is 6.60. The molecule has 0 aliphatic rings. The Balaban J connectivity index is 3.14. The minimum Gasteiger partial charge on any atom is -0.493 e. The Labute approximate surface area is 107 Å². The van der Waals surface area contributed by atoms with E-state index >= 15 is 0 Å². The second-order valence-corrected chi connectivity index (χ2v) is 4.13. The van der Waals surface area contributed by atoms with Crippen LogP contribution in [0.5, 0.6) is 5.75 Å². The van der Waals surface area contributed by atoms with Crippen molar-refractivity contribution >= 4 is 18.8 Å². The van der Waals surface area contributed by atoms with Gasteiger partial charge in [-0.2, -0.15) is 5.10 Å². The normalized spacial score (nSPS) is 10.9. The zero-order valence-electron chi connectivity index (χ0n) is 10.8. The fourth-order valence-electron chi connectivity index (χ4n) is 1.68. The summed E-state index contributed by atoms with van der Waals surface area (Å²) in [4.78, 5) is 0. The number of benzene rings is 1. The fourth-order valence-corrected chi connectivity index (χ4v) is 1.68. The first-order valence-corrected chi connectivity index (χ1v) is 5.96. The largest absolute Gasteiger partial charge is 0.493 e. The number of ether oxygens (including phenoxy) is 1. The van der Waals surface area contributed by atoms with Gasteiger partial charge in [-0.05, 0) is 19.4 Å². The maximum absolute atomic E-state index is 9.38. The molecule has 0 heterocycles. The lowest BCUT2D eigenvalue weighted by Crippen LogP contribution is -2.32. The van der Waals surface area contributed by atoms with Gasteiger partial charge in [0.1, 0.15) is 5.75 Å². The van der Waals surface area contributed by atoms with Gasteiger partial charge in [0.2, 0.25) is 0 Å². The molecule has 0 bridgehead atoms. The van der Waals surface area contributed by atoms with E-state index in [0.717, 1.165) is 18.4 Å². The van der Waals surface area contributed by atoms with Gasteiger partial charge in [0.25, 0.3) is 0 Å². The Bertz CT molecular complexity index is 422. The summed E-state index contributed by atoms with van der Waals surface area (Å²) < 4.78 is 5.61. The minimum atomic E-state index is -1.58. The summed E-state index contributed by atoms with van der Waals surface area (Å²) in [7, 11) is -1.58. The molecule has 4 N–H and O–H groups in total. The Hall–Kier alpha value is -1.53. The van der Waals surface area contributed by atoms with E-state index in [1.165, 1.54) is 6.21 Å². The highest BCUT2D eigenvalue weighted by Crippen LogP contribution is 2.17.